The molecule has 1 amide bonds. The van der Waals surface area contributed by atoms with E-state index in [1.807, 2.05) is 26.8 Å². The van der Waals surface area contributed by atoms with E-state index in [4.69, 9.17) is 0 Å². The van der Waals surface area contributed by atoms with Crippen LogP contribution in [0.1, 0.15) is 33.1 Å². The molecule has 1 aromatic carbocycles. The Morgan fingerprint density at radius 2 is 2.14 bits per heavy atom. The molecule has 1 atom stereocenters. The van der Waals surface area contributed by atoms with Crippen LogP contribution in [0.3, 0.4) is 0 Å². The lowest BCUT2D eigenvalue weighted by molar-refractivity contribution is -0.120. The second-order valence-electron chi connectivity index (χ2n) is 5.85. The van der Waals surface area contributed by atoms with Crippen LogP contribution in [-0.2, 0) is 17.6 Å². The zero-order chi connectivity index (χ0) is 15.0. The van der Waals surface area contributed by atoms with E-state index in [-0.39, 0.29) is 11.8 Å². The Morgan fingerprint density at radius 1 is 1.33 bits per heavy atom. The average Bonchev–Trinajstić information content (AvgIpc) is 2.81. The first-order valence-electron chi connectivity index (χ1n) is 7.36. The molecule has 1 aliphatic rings. The number of carbonyl (C=O) groups excluding carboxylic acids is 1. The van der Waals surface area contributed by atoms with Gasteiger partial charge < -0.3 is 5.32 Å². The maximum Gasteiger partial charge on any atom is 0.227 e. The second kappa shape index (κ2) is 5.60. The number of aromatic nitrogens is 1. The molecule has 0 saturated carbocycles. The van der Waals surface area contributed by atoms with Crippen LogP contribution in [0.25, 0.3) is 0 Å². The molecular weight excluding hydrogens is 280 g/mol. The predicted octanol–water partition coefficient (Wildman–Crippen LogP) is 3.81. The summed E-state index contributed by atoms with van der Waals surface area (Å²) < 4.78 is 0. The molecule has 0 fully saturated rings. The first-order valence-corrected chi connectivity index (χ1v) is 8.18. The Kier molecular flexibility index (Phi) is 3.81. The fraction of sp³-hybridized carbons (Fsp3) is 0.412. The maximum absolute atomic E-state index is 12.5. The van der Waals surface area contributed by atoms with Crippen LogP contribution in [0, 0.1) is 26.7 Å². The van der Waals surface area contributed by atoms with Crippen LogP contribution in [0.15, 0.2) is 18.2 Å². The number of rotatable bonds is 2. The highest BCUT2D eigenvalue weighted by Crippen LogP contribution is 2.30. The molecule has 4 heteroatoms. The van der Waals surface area contributed by atoms with Crippen molar-refractivity contribution < 1.29 is 4.79 Å². The van der Waals surface area contributed by atoms with Gasteiger partial charge in [-0.05, 0) is 57.2 Å². The molecule has 21 heavy (non-hydrogen) atoms. The fourth-order valence-electron chi connectivity index (χ4n) is 2.83. The van der Waals surface area contributed by atoms with Crippen molar-refractivity contribution in [2.45, 2.75) is 40.0 Å². The van der Waals surface area contributed by atoms with Crippen molar-refractivity contribution in [2.24, 2.45) is 5.92 Å². The van der Waals surface area contributed by atoms with Crippen LogP contribution in [0.5, 0.6) is 0 Å². The second-order valence-corrected chi connectivity index (χ2v) is 7.14. The number of fused-ring (bicyclic) bond motifs is 1. The molecule has 1 N–H and O–H groups in total. The van der Waals surface area contributed by atoms with Gasteiger partial charge in [-0.2, -0.15) is 0 Å². The number of thiazole rings is 1. The number of aryl methyl sites for hydroxylation is 4. The molecule has 110 valence electrons. The van der Waals surface area contributed by atoms with Crippen molar-refractivity contribution in [3.63, 3.8) is 0 Å². The molecule has 0 saturated heterocycles. The van der Waals surface area contributed by atoms with E-state index in [1.165, 1.54) is 16.1 Å². The standard InChI is InChI=1S/C17H20N2OS/c1-10-4-5-11(2)15(8-10)19-17(20)13-6-7-14-16(9-13)21-12(3)18-14/h4-5,8,13H,6-7,9H2,1-3H3,(H,19,20). The van der Waals surface area contributed by atoms with Crippen molar-refractivity contribution in [1.82, 2.24) is 4.98 Å². The Bertz CT molecular complexity index is 690. The lowest BCUT2D eigenvalue weighted by Crippen LogP contribution is -2.28. The summed E-state index contributed by atoms with van der Waals surface area (Å²) in [4.78, 5) is 18.4. The highest BCUT2D eigenvalue weighted by atomic mass is 32.1. The third kappa shape index (κ3) is 3.00. The molecule has 1 aromatic heterocycles. The van der Waals surface area contributed by atoms with Gasteiger partial charge in [0.15, 0.2) is 0 Å². The van der Waals surface area contributed by atoms with Gasteiger partial charge in [0.25, 0.3) is 0 Å². The summed E-state index contributed by atoms with van der Waals surface area (Å²) in [6.07, 6.45) is 2.65. The quantitative estimate of drug-likeness (QED) is 0.916. The van der Waals surface area contributed by atoms with Gasteiger partial charge in [0.1, 0.15) is 0 Å². The highest BCUT2D eigenvalue weighted by molar-refractivity contribution is 7.11. The van der Waals surface area contributed by atoms with Crippen LogP contribution in [0.2, 0.25) is 0 Å². The van der Waals surface area contributed by atoms with Gasteiger partial charge in [-0.1, -0.05) is 12.1 Å². The number of anilines is 1. The number of carbonyl (C=O) groups is 1. The van der Waals surface area contributed by atoms with Gasteiger partial charge >= 0.3 is 0 Å². The third-order valence-corrected chi connectivity index (χ3v) is 5.10. The zero-order valence-electron chi connectivity index (χ0n) is 12.7. The first-order chi connectivity index (χ1) is 10.0. The number of amides is 1. The SMILES string of the molecule is Cc1ccc(C)c(NC(=O)C2CCc3nc(C)sc3C2)c1. The maximum atomic E-state index is 12.5. The molecule has 0 spiro atoms. The average molecular weight is 300 g/mol. The minimum Gasteiger partial charge on any atom is -0.326 e. The molecular formula is C17H20N2OS. The molecule has 2 aromatic rings. The van der Waals surface area contributed by atoms with Crippen LogP contribution < -0.4 is 5.32 Å². The monoisotopic (exact) mass is 300 g/mol. The molecule has 1 heterocycles. The van der Waals surface area contributed by atoms with E-state index in [9.17, 15) is 4.79 Å². The Hall–Kier alpha value is -1.68. The molecule has 0 radical (unpaired) electrons. The van der Waals surface area contributed by atoms with Gasteiger partial charge in [-0.3, -0.25) is 4.79 Å². The summed E-state index contributed by atoms with van der Waals surface area (Å²) in [6, 6.07) is 6.16. The Labute approximate surface area is 129 Å². The van der Waals surface area contributed by atoms with Crippen molar-refractivity contribution >= 4 is 22.9 Å². The molecule has 1 unspecified atom stereocenters. The summed E-state index contributed by atoms with van der Waals surface area (Å²) in [5.41, 5.74) is 4.42. The van der Waals surface area contributed by atoms with Crippen LogP contribution in [0.4, 0.5) is 5.69 Å². The van der Waals surface area contributed by atoms with E-state index >= 15 is 0 Å². The van der Waals surface area contributed by atoms with Gasteiger partial charge in [0.05, 0.1) is 10.7 Å². The predicted molar refractivity (Wildman–Crippen MR) is 86.9 cm³/mol. The van der Waals surface area contributed by atoms with E-state index in [0.29, 0.717) is 0 Å². The fourth-order valence-corrected chi connectivity index (χ4v) is 3.90. The van der Waals surface area contributed by atoms with Crippen molar-refractivity contribution in [2.75, 3.05) is 5.32 Å². The number of nitrogens with zero attached hydrogens (tertiary/aromatic N) is 1. The first kappa shape index (κ1) is 14.3. The lowest BCUT2D eigenvalue weighted by atomic mass is 9.90. The summed E-state index contributed by atoms with van der Waals surface area (Å²) in [7, 11) is 0. The summed E-state index contributed by atoms with van der Waals surface area (Å²) in [5, 5.41) is 4.21. The van der Waals surface area contributed by atoms with Crippen LogP contribution >= 0.6 is 11.3 Å². The summed E-state index contributed by atoms with van der Waals surface area (Å²) in [5.74, 6) is 0.206. The third-order valence-electron chi connectivity index (χ3n) is 4.07. The molecule has 1 aliphatic carbocycles. The molecule has 0 bridgehead atoms. The number of benzene rings is 1. The van der Waals surface area contributed by atoms with Gasteiger partial charge in [-0.25, -0.2) is 4.98 Å². The number of hydrogen-bond acceptors (Lipinski definition) is 3. The van der Waals surface area contributed by atoms with E-state index in [2.05, 4.69) is 22.4 Å². The summed E-state index contributed by atoms with van der Waals surface area (Å²) >= 11 is 1.73. The van der Waals surface area contributed by atoms with Gasteiger partial charge in [0, 0.05) is 16.5 Å². The van der Waals surface area contributed by atoms with E-state index in [1.54, 1.807) is 11.3 Å². The smallest absolute Gasteiger partial charge is 0.227 e. The highest BCUT2D eigenvalue weighted by Gasteiger charge is 2.27. The zero-order valence-corrected chi connectivity index (χ0v) is 13.5. The van der Waals surface area contributed by atoms with Gasteiger partial charge in [0.2, 0.25) is 5.91 Å². The minimum atomic E-state index is 0.0669. The Balaban J connectivity index is 1.73. The van der Waals surface area contributed by atoms with E-state index < -0.39 is 0 Å². The molecule has 3 rings (SSSR count). The normalized spacial score (nSPS) is 17.4. The number of nitrogens with one attached hydrogen (secondary N) is 1. The largest absolute Gasteiger partial charge is 0.326 e. The molecule has 3 nitrogen and oxygen atoms in total. The minimum absolute atomic E-state index is 0.0669. The summed E-state index contributed by atoms with van der Waals surface area (Å²) in [6.45, 7) is 6.11. The van der Waals surface area contributed by atoms with Crippen molar-refractivity contribution in [3.8, 4) is 0 Å². The van der Waals surface area contributed by atoms with Crippen molar-refractivity contribution in [1.29, 1.82) is 0 Å². The van der Waals surface area contributed by atoms with Gasteiger partial charge in [-0.15, -0.1) is 11.3 Å². The number of hydrogen-bond donors (Lipinski definition) is 1. The topological polar surface area (TPSA) is 42.0 Å². The van der Waals surface area contributed by atoms with Crippen molar-refractivity contribution in [3.05, 3.63) is 44.9 Å². The lowest BCUT2D eigenvalue weighted by Gasteiger charge is -2.21. The Morgan fingerprint density at radius 3 is 2.95 bits per heavy atom. The van der Waals surface area contributed by atoms with E-state index in [0.717, 1.165) is 35.5 Å². The van der Waals surface area contributed by atoms with Crippen LogP contribution in [-0.4, -0.2) is 10.9 Å². The molecule has 0 aliphatic heterocycles.